The third kappa shape index (κ3) is 4.60. The Balaban J connectivity index is 2.77. The molecule has 114 valence electrons. The van der Waals surface area contributed by atoms with E-state index in [-0.39, 0.29) is 0 Å². The summed E-state index contributed by atoms with van der Waals surface area (Å²) in [6.45, 7) is 5.18. The van der Waals surface area contributed by atoms with Gasteiger partial charge in [0.15, 0.2) is 11.5 Å². The lowest BCUT2D eigenvalue weighted by atomic mass is 10.1. The molecule has 1 aromatic carbocycles. The van der Waals surface area contributed by atoms with Gasteiger partial charge in [0.05, 0.1) is 21.3 Å². The summed E-state index contributed by atoms with van der Waals surface area (Å²) in [7, 11) is 4.94. The van der Waals surface area contributed by atoms with E-state index in [2.05, 4.69) is 19.2 Å². The molecular weight excluding hydrogens is 254 g/mol. The minimum absolute atomic E-state index is 0.493. The largest absolute Gasteiger partial charge is 0.496 e. The first kappa shape index (κ1) is 16.6. The highest BCUT2D eigenvalue weighted by Crippen LogP contribution is 2.34. The average Bonchev–Trinajstić information content (AvgIpc) is 2.49. The molecule has 1 aromatic rings. The monoisotopic (exact) mass is 281 g/mol. The van der Waals surface area contributed by atoms with Gasteiger partial charge in [0, 0.05) is 24.2 Å². The maximum atomic E-state index is 5.43. The average molecular weight is 281 g/mol. The normalized spacial score (nSPS) is 12.1. The molecule has 0 aliphatic rings. The molecule has 20 heavy (non-hydrogen) atoms. The van der Waals surface area contributed by atoms with Crippen molar-refractivity contribution >= 4 is 0 Å². The Bertz CT molecular complexity index is 407. The van der Waals surface area contributed by atoms with Gasteiger partial charge in [-0.1, -0.05) is 19.8 Å². The summed E-state index contributed by atoms with van der Waals surface area (Å²) in [5, 5.41) is 3.52. The van der Waals surface area contributed by atoms with Crippen molar-refractivity contribution in [1.82, 2.24) is 5.32 Å². The highest BCUT2D eigenvalue weighted by atomic mass is 16.5. The van der Waals surface area contributed by atoms with Crippen LogP contribution in [0, 0.1) is 0 Å². The van der Waals surface area contributed by atoms with Crippen LogP contribution >= 0.6 is 0 Å². The van der Waals surface area contributed by atoms with Crippen LogP contribution < -0.4 is 19.5 Å². The maximum absolute atomic E-state index is 5.43. The van der Waals surface area contributed by atoms with E-state index in [0.29, 0.717) is 11.8 Å². The van der Waals surface area contributed by atoms with Crippen LogP contribution in [0.4, 0.5) is 0 Å². The van der Waals surface area contributed by atoms with Gasteiger partial charge in [0.2, 0.25) is 0 Å². The molecule has 1 rings (SSSR count). The summed E-state index contributed by atoms with van der Waals surface area (Å²) in [4.78, 5) is 0. The summed E-state index contributed by atoms with van der Waals surface area (Å²) in [5.41, 5.74) is 1.08. The van der Waals surface area contributed by atoms with Gasteiger partial charge in [-0.15, -0.1) is 0 Å². The molecule has 0 bridgehead atoms. The zero-order valence-corrected chi connectivity index (χ0v) is 13.3. The Morgan fingerprint density at radius 1 is 1.00 bits per heavy atom. The topological polar surface area (TPSA) is 39.7 Å². The van der Waals surface area contributed by atoms with Crippen LogP contribution in [0.1, 0.15) is 38.7 Å². The van der Waals surface area contributed by atoms with Gasteiger partial charge < -0.3 is 19.5 Å². The molecule has 1 unspecified atom stereocenters. The van der Waals surface area contributed by atoms with Gasteiger partial charge >= 0.3 is 0 Å². The number of rotatable bonds is 9. The zero-order valence-electron chi connectivity index (χ0n) is 13.3. The Hall–Kier alpha value is -1.42. The second kappa shape index (κ2) is 8.69. The van der Waals surface area contributed by atoms with Crippen LogP contribution in [0.2, 0.25) is 0 Å². The highest BCUT2D eigenvalue weighted by molar-refractivity contribution is 5.50. The first-order chi connectivity index (χ1) is 9.65. The lowest BCUT2D eigenvalue weighted by Crippen LogP contribution is -2.25. The molecule has 0 aromatic heterocycles. The zero-order chi connectivity index (χ0) is 15.0. The van der Waals surface area contributed by atoms with Crippen LogP contribution in [0.15, 0.2) is 12.1 Å². The summed E-state index contributed by atoms with van der Waals surface area (Å²) in [5.74, 6) is 2.23. The molecule has 1 atom stereocenters. The first-order valence-corrected chi connectivity index (χ1v) is 7.18. The van der Waals surface area contributed by atoms with E-state index in [0.717, 1.165) is 23.6 Å². The molecule has 0 amide bonds. The first-order valence-electron chi connectivity index (χ1n) is 7.18. The van der Waals surface area contributed by atoms with E-state index in [9.17, 15) is 0 Å². The Morgan fingerprint density at radius 3 is 2.15 bits per heavy atom. The van der Waals surface area contributed by atoms with E-state index in [1.165, 1.54) is 19.3 Å². The maximum Gasteiger partial charge on any atom is 0.164 e. The molecule has 0 saturated carbocycles. The van der Waals surface area contributed by atoms with Crippen molar-refractivity contribution in [3.8, 4) is 17.2 Å². The SMILES string of the molecule is CCCCC(C)NCc1cc(OC)c(OC)cc1OC. The second-order valence-corrected chi connectivity index (χ2v) is 4.94. The molecule has 0 fully saturated rings. The summed E-state index contributed by atoms with van der Waals surface area (Å²) >= 11 is 0. The standard InChI is InChI=1S/C16H27NO3/c1-6-7-8-12(2)17-11-13-9-15(19-4)16(20-5)10-14(13)18-3/h9-10,12,17H,6-8,11H2,1-5H3. The minimum Gasteiger partial charge on any atom is -0.496 e. The van der Waals surface area contributed by atoms with Gasteiger partial charge in [0.1, 0.15) is 5.75 Å². The van der Waals surface area contributed by atoms with E-state index >= 15 is 0 Å². The summed E-state index contributed by atoms with van der Waals surface area (Å²) in [6, 6.07) is 4.33. The Labute approximate surface area is 122 Å². The lowest BCUT2D eigenvalue weighted by molar-refractivity contribution is 0.346. The number of hydrogen-bond donors (Lipinski definition) is 1. The molecule has 0 spiro atoms. The minimum atomic E-state index is 0.493. The van der Waals surface area contributed by atoms with E-state index < -0.39 is 0 Å². The Morgan fingerprint density at radius 2 is 1.60 bits per heavy atom. The van der Waals surface area contributed by atoms with Crippen molar-refractivity contribution in [3.05, 3.63) is 17.7 Å². The number of hydrogen-bond acceptors (Lipinski definition) is 4. The van der Waals surface area contributed by atoms with Crippen LogP contribution in [0.25, 0.3) is 0 Å². The molecule has 0 saturated heterocycles. The van der Waals surface area contributed by atoms with Gasteiger partial charge in [-0.25, -0.2) is 0 Å². The number of methoxy groups -OCH3 is 3. The molecule has 4 nitrogen and oxygen atoms in total. The van der Waals surface area contributed by atoms with E-state index in [1.54, 1.807) is 21.3 Å². The van der Waals surface area contributed by atoms with Crippen molar-refractivity contribution in [1.29, 1.82) is 0 Å². The van der Waals surface area contributed by atoms with Gasteiger partial charge in [-0.2, -0.15) is 0 Å². The summed E-state index contributed by atoms with van der Waals surface area (Å²) in [6.07, 6.45) is 3.66. The van der Waals surface area contributed by atoms with Crippen LogP contribution in [-0.4, -0.2) is 27.4 Å². The van der Waals surface area contributed by atoms with Crippen LogP contribution in [-0.2, 0) is 6.54 Å². The van der Waals surface area contributed by atoms with Gasteiger partial charge in [-0.3, -0.25) is 0 Å². The quantitative estimate of drug-likeness (QED) is 0.753. The molecule has 1 N–H and O–H groups in total. The fourth-order valence-electron chi connectivity index (χ4n) is 2.13. The van der Waals surface area contributed by atoms with Crippen molar-refractivity contribution in [2.75, 3.05) is 21.3 Å². The van der Waals surface area contributed by atoms with Crippen LogP contribution in [0.3, 0.4) is 0 Å². The molecule has 0 radical (unpaired) electrons. The molecule has 4 heteroatoms. The summed E-state index contributed by atoms with van der Waals surface area (Å²) < 4.78 is 16.1. The number of unbranched alkanes of at least 4 members (excludes halogenated alkanes) is 1. The third-order valence-electron chi connectivity index (χ3n) is 3.42. The number of benzene rings is 1. The highest BCUT2D eigenvalue weighted by Gasteiger charge is 2.12. The van der Waals surface area contributed by atoms with Crippen molar-refractivity contribution < 1.29 is 14.2 Å². The predicted molar refractivity (Wildman–Crippen MR) is 81.9 cm³/mol. The van der Waals surface area contributed by atoms with E-state index in [4.69, 9.17) is 14.2 Å². The number of nitrogens with one attached hydrogen (secondary N) is 1. The van der Waals surface area contributed by atoms with Crippen molar-refractivity contribution in [2.45, 2.75) is 45.7 Å². The Kier molecular flexibility index (Phi) is 7.23. The third-order valence-corrected chi connectivity index (χ3v) is 3.42. The van der Waals surface area contributed by atoms with Gasteiger partial charge in [0.25, 0.3) is 0 Å². The smallest absolute Gasteiger partial charge is 0.164 e. The fourth-order valence-corrected chi connectivity index (χ4v) is 2.13. The van der Waals surface area contributed by atoms with Crippen LogP contribution in [0.5, 0.6) is 17.2 Å². The lowest BCUT2D eigenvalue weighted by Gasteiger charge is -2.17. The van der Waals surface area contributed by atoms with Crippen molar-refractivity contribution in [3.63, 3.8) is 0 Å². The van der Waals surface area contributed by atoms with Gasteiger partial charge in [-0.05, 0) is 19.4 Å². The molecule has 0 heterocycles. The number of ether oxygens (including phenoxy) is 3. The predicted octanol–water partition coefficient (Wildman–Crippen LogP) is 3.38. The molecule has 0 aliphatic heterocycles. The molecule has 0 aliphatic carbocycles. The second-order valence-electron chi connectivity index (χ2n) is 4.94. The fraction of sp³-hybridized carbons (Fsp3) is 0.625. The van der Waals surface area contributed by atoms with Crippen molar-refractivity contribution in [2.24, 2.45) is 0 Å². The van der Waals surface area contributed by atoms with E-state index in [1.807, 2.05) is 12.1 Å². The molecular formula is C16H27NO3.